The van der Waals surface area contributed by atoms with E-state index in [2.05, 4.69) is 9.97 Å². The zero-order valence-corrected chi connectivity index (χ0v) is 7.64. The molecule has 0 amide bonds. The van der Waals surface area contributed by atoms with Gasteiger partial charge in [-0.15, -0.1) is 0 Å². The Balaban J connectivity index is 0.000000980. The minimum atomic E-state index is -0.951. The topological polar surface area (TPSA) is 63.1 Å². The Bertz CT molecular complexity index is 473. The minimum absolute atomic E-state index is 0. The Kier molecular flexibility index (Phi) is 3.23. The van der Waals surface area contributed by atoms with Crippen LogP contribution in [0, 0.1) is 0 Å². The SMILES string of the molecule is O=C(O)c1ccc2nccnc2c1.[Li+]. The van der Waals surface area contributed by atoms with Crippen molar-refractivity contribution in [1.29, 1.82) is 0 Å². The summed E-state index contributed by atoms with van der Waals surface area (Å²) in [5.41, 5.74) is 1.53. The molecule has 0 unspecified atom stereocenters. The number of nitrogens with zero attached hydrogens (tertiary/aromatic N) is 2. The third-order valence-electron chi connectivity index (χ3n) is 1.72. The molecule has 0 fully saturated rings. The monoisotopic (exact) mass is 181 g/mol. The number of carboxylic acid groups (broad SMARTS) is 1. The number of rotatable bonds is 1. The number of fused-ring (bicyclic) bond motifs is 1. The third-order valence-corrected chi connectivity index (χ3v) is 1.72. The summed E-state index contributed by atoms with van der Waals surface area (Å²) in [6.45, 7) is 0. The van der Waals surface area contributed by atoms with Crippen LogP contribution in [0.15, 0.2) is 30.6 Å². The summed E-state index contributed by atoms with van der Waals surface area (Å²) in [7, 11) is 0. The van der Waals surface area contributed by atoms with Gasteiger partial charge in [0.05, 0.1) is 16.6 Å². The Labute approximate surface area is 92.2 Å². The van der Waals surface area contributed by atoms with E-state index in [1.807, 2.05) is 0 Å². The molecule has 2 aromatic rings. The van der Waals surface area contributed by atoms with E-state index in [1.54, 1.807) is 12.3 Å². The fourth-order valence-corrected chi connectivity index (χ4v) is 1.10. The van der Waals surface area contributed by atoms with E-state index in [0.717, 1.165) is 0 Å². The number of benzene rings is 1. The van der Waals surface area contributed by atoms with E-state index < -0.39 is 5.97 Å². The van der Waals surface area contributed by atoms with Gasteiger partial charge in [0.1, 0.15) is 0 Å². The summed E-state index contributed by atoms with van der Waals surface area (Å²) in [4.78, 5) is 18.6. The van der Waals surface area contributed by atoms with Gasteiger partial charge in [-0.25, -0.2) is 4.79 Å². The smallest absolute Gasteiger partial charge is 0.478 e. The van der Waals surface area contributed by atoms with E-state index >= 15 is 0 Å². The van der Waals surface area contributed by atoms with E-state index in [9.17, 15) is 4.79 Å². The summed E-state index contributed by atoms with van der Waals surface area (Å²) < 4.78 is 0. The number of carbonyl (C=O) groups is 1. The zero-order chi connectivity index (χ0) is 9.26. The van der Waals surface area contributed by atoms with Crippen molar-refractivity contribution >= 4 is 17.0 Å². The van der Waals surface area contributed by atoms with Crippen LogP contribution in [-0.4, -0.2) is 21.0 Å². The van der Waals surface area contributed by atoms with Crippen LogP contribution in [0.5, 0.6) is 0 Å². The van der Waals surface area contributed by atoms with Crippen LogP contribution in [0.3, 0.4) is 0 Å². The first-order valence-corrected chi connectivity index (χ1v) is 3.71. The molecule has 5 heteroatoms. The van der Waals surface area contributed by atoms with Crippen LogP contribution < -0.4 is 18.9 Å². The number of carboxylic acids is 1. The van der Waals surface area contributed by atoms with Crippen molar-refractivity contribution in [3.05, 3.63) is 36.2 Å². The Morgan fingerprint density at radius 1 is 1.14 bits per heavy atom. The molecular weight excluding hydrogens is 175 g/mol. The fraction of sp³-hybridized carbons (Fsp3) is 0. The number of aromatic nitrogens is 2. The normalized spacial score (nSPS) is 9.43. The average Bonchev–Trinajstić information content (AvgIpc) is 2.17. The quantitative estimate of drug-likeness (QED) is 0.534. The summed E-state index contributed by atoms with van der Waals surface area (Å²) in [5, 5.41) is 8.70. The van der Waals surface area contributed by atoms with Crippen molar-refractivity contribution in [2.24, 2.45) is 0 Å². The maximum absolute atomic E-state index is 10.6. The van der Waals surface area contributed by atoms with Crippen molar-refractivity contribution < 1.29 is 28.8 Å². The molecular formula is C9H6LiN2O2+. The van der Waals surface area contributed by atoms with Crippen LogP contribution in [0.4, 0.5) is 0 Å². The standard InChI is InChI=1S/C9H6N2O2.Li/c12-9(13)6-1-2-7-8(5-6)11-4-3-10-7;/h1-5H,(H,12,13);/q;+1. The van der Waals surface area contributed by atoms with E-state index in [0.29, 0.717) is 11.0 Å². The molecule has 1 N–H and O–H groups in total. The molecule has 2 rings (SSSR count). The second kappa shape index (κ2) is 4.23. The first-order valence-electron chi connectivity index (χ1n) is 3.71. The third kappa shape index (κ3) is 1.92. The Hall–Kier alpha value is -1.37. The van der Waals surface area contributed by atoms with Crippen molar-refractivity contribution in [3.8, 4) is 0 Å². The zero-order valence-electron chi connectivity index (χ0n) is 7.64. The molecule has 0 bridgehead atoms. The van der Waals surface area contributed by atoms with Crippen molar-refractivity contribution in [3.63, 3.8) is 0 Å². The molecule has 4 nitrogen and oxygen atoms in total. The van der Waals surface area contributed by atoms with E-state index in [-0.39, 0.29) is 24.4 Å². The van der Waals surface area contributed by atoms with E-state index in [4.69, 9.17) is 5.11 Å². The number of hydrogen-bond acceptors (Lipinski definition) is 3. The molecule has 0 aliphatic carbocycles. The van der Waals surface area contributed by atoms with Crippen molar-refractivity contribution in [2.75, 3.05) is 0 Å². The van der Waals surface area contributed by atoms with Gasteiger partial charge in [-0.3, -0.25) is 9.97 Å². The number of aromatic carboxylic acids is 1. The Morgan fingerprint density at radius 3 is 2.43 bits per heavy atom. The first kappa shape index (κ1) is 10.7. The van der Waals surface area contributed by atoms with Crippen LogP contribution in [0.25, 0.3) is 11.0 Å². The summed E-state index contributed by atoms with van der Waals surface area (Å²) in [6, 6.07) is 4.66. The summed E-state index contributed by atoms with van der Waals surface area (Å²) in [6.07, 6.45) is 3.11. The molecule has 1 aromatic heterocycles. The molecule has 1 aromatic carbocycles. The van der Waals surface area contributed by atoms with Crippen molar-refractivity contribution in [1.82, 2.24) is 9.97 Å². The molecule has 0 aliphatic heterocycles. The van der Waals surface area contributed by atoms with Crippen LogP contribution in [0.1, 0.15) is 10.4 Å². The van der Waals surface area contributed by atoms with Crippen LogP contribution in [0.2, 0.25) is 0 Å². The molecule has 0 spiro atoms. The van der Waals surface area contributed by atoms with Gasteiger partial charge in [0.15, 0.2) is 0 Å². The maximum Gasteiger partial charge on any atom is 1.00 e. The molecule has 64 valence electrons. The van der Waals surface area contributed by atoms with Crippen molar-refractivity contribution in [2.45, 2.75) is 0 Å². The van der Waals surface area contributed by atoms with Gasteiger partial charge in [-0.05, 0) is 18.2 Å². The van der Waals surface area contributed by atoms with Gasteiger partial charge in [-0.2, -0.15) is 0 Å². The van der Waals surface area contributed by atoms with Gasteiger partial charge >= 0.3 is 24.8 Å². The predicted molar refractivity (Wildman–Crippen MR) is 46.5 cm³/mol. The second-order valence-electron chi connectivity index (χ2n) is 2.56. The van der Waals surface area contributed by atoms with Crippen LogP contribution >= 0.6 is 0 Å². The van der Waals surface area contributed by atoms with E-state index in [1.165, 1.54) is 18.3 Å². The van der Waals surface area contributed by atoms with Gasteiger partial charge in [-0.1, -0.05) is 0 Å². The van der Waals surface area contributed by atoms with Crippen LogP contribution in [-0.2, 0) is 0 Å². The maximum atomic E-state index is 10.6. The minimum Gasteiger partial charge on any atom is -0.478 e. The molecule has 0 radical (unpaired) electrons. The summed E-state index contributed by atoms with van der Waals surface area (Å²) >= 11 is 0. The molecule has 1 heterocycles. The molecule has 0 saturated carbocycles. The molecule has 14 heavy (non-hydrogen) atoms. The van der Waals surface area contributed by atoms with Gasteiger partial charge in [0.25, 0.3) is 0 Å². The molecule has 0 atom stereocenters. The predicted octanol–water partition coefficient (Wildman–Crippen LogP) is -1.67. The fourth-order valence-electron chi connectivity index (χ4n) is 1.10. The second-order valence-corrected chi connectivity index (χ2v) is 2.56. The number of hydrogen-bond donors (Lipinski definition) is 1. The van der Waals surface area contributed by atoms with Gasteiger partial charge in [0.2, 0.25) is 0 Å². The Morgan fingerprint density at radius 2 is 1.79 bits per heavy atom. The first-order chi connectivity index (χ1) is 6.27. The van der Waals surface area contributed by atoms with Gasteiger partial charge in [0, 0.05) is 12.4 Å². The largest absolute Gasteiger partial charge is 1.00 e. The molecule has 0 aliphatic rings. The summed E-state index contributed by atoms with van der Waals surface area (Å²) in [5.74, 6) is -0.951. The van der Waals surface area contributed by atoms with Gasteiger partial charge < -0.3 is 5.11 Å². The average molecular weight is 181 g/mol. The molecule has 0 saturated heterocycles.